The number of primary amides is 2. The molecule has 0 spiro atoms. The number of carbonyl (C=O) groups is 3. The average molecular weight is 659 g/mol. The summed E-state index contributed by atoms with van der Waals surface area (Å²) in [5.41, 5.74) is 26.6. The van der Waals surface area contributed by atoms with Gasteiger partial charge in [-0.3, -0.25) is 9.59 Å². The van der Waals surface area contributed by atoms with Gasteiger partial charge in [0.1, 0.15) is 12.2 Å². The van der Waals surface area contributed by atoms with E-state index in [2.05, 4.69) is 4.74 Å². The maximum absolute atomic E-state index is 10.9. The van der Waals surface area contributed by atoms with E-state index in [9.17, 15) is 19.5 Å². The third kappa shape index (κ3) is 18.3. The Balaban J connectivity index is -0.000000242. The number of amides is 2. The number of carbonyl (C=O) groups excluding carboxylic acids is 3. The number of aliphatic hydroxyl groups excluding tert-OH is 3. The molecule has 0 saturated heterocycles. The Morgan fingerprint density at radius 1 is 0.667 bits per heavy atom. The summed E-state index contributed by atoms with van der Waals surface area (Å²) >= 11 is 0. The van der Waals surface area contributed by atoms with Crippen molar-refractivity contribution in [1.82, 2.24) is 0 Å². The summed E-state index contributed by atoms with van der Waals surface area (Å²) in [6.07, 6.45) is 9.35. The van der Waals surface area contributed by atoms with E-state index in [1.807, 2.05) is 0 Å². The van der Waals surface area contributed by atoms with Crippen LogP contribution in [0.5, 0.6) is 0 Å². The normalized spacial score (nSPS) is 19.9. The van der Waals surface area contributed by atoms with Gasteiger partial charge in [0.15, 0.2) is 6.10 Å². The molecule has 12 nitrogen and oxygen atoms in total. The van der Waals surface area contributed by atoms with E-state index < -0.39 is 54.2 Å². The Labute approximate surface area is 260 Å². The molecule has 13 N–H and O–H groups in total. The highest BCUT2D eigenvalue weighted by Crippen LogP contribution is 2.32. The summed E-state index contributed by atoms with van der Waals surface area (Å²) in [6, 6.07) is -1.43. The van der Waals surface area contributed by atoms with E-state index in [4.69, 9.17) is 48.0 Å². The Morgan fingerprint density at radius 2 is 0.905 bits per heavy atom. The van der Waals surface area contributed by atoms with Gasteiger partial charge in [-0.1, -0.05) is 65.2 Å². The third-order valence-corrected chi connectivity index (χ3v) is 7.73. The first-order valence-electron chi connectivity index (χ1n) is 13.5. The molecule has 0 aliphatic heterocycles. The fourth-order valence-electron chi connectivity index (χ4n) is 4.44. The van der Waals surface area contributed by atoms with Crippen LogP contribution >= 0.6 is 24.8 Å². The number of hydrogen-bond acceptors (Lipinski definition) is 10. The minimum atomic E-state index is -1.18. The number of rotatable bonds is 12. The minimum Gasteiger partial charge on any atom is -0.467 e. The van der Waals surface area contributed by atoms with Gasteiger partial charge in [-0.05, 0) is 37.0 Å². The molecule has 3 saturated carbocycles. The van der Waals surface area contributed by atoms with Crippen LogP contribution in [0.4, 0.5) is 9.15 Å². The van der Waals surface area contributed by atoms with Crippen LogP contribution in [0.15, 0.2) is 0 Å². The van der Waals surface area contributed by atoms with Gasteiger partial charge in [-0.2, -0.15) is 0 Å². The number of hydrogen-bond donors (Lipinski definition) is 8. The quantitative estimate of drug-likeness (QED) is 0.138. The Kier molecular flexibility index (Phi) is 29.5. The molecule has 2 amide bonds. The molecule has 0 aromatic rings. The molecule has 0 bridgehead atoms. The van der Waals surface area contributed by atoms with Crippen LogP contribution < -0.4 is 28.7 Å². The lowest BCUT2D eigenvalue weighted by Crippen LogP contribution is -2.45. The monoisotopic (exact) mass is 657 g/mol. The second-order valence-electron chi connectivity index (χ2n) is 10.8. The van der Waals surface area contributed by atoms with Gasteiger partial charge in [0.25, 0.3) is 0 Å². The van der Waals surface area contributed by atoms with E-state index in [0.29, 0.717) is 30.6 Å². The van der Waals surface area contributed by atoms with Gasteiger partial charge in [0, 0.05) is 27.3 Å². The molecule has 16 heteroatoms. The summed E-state index contributed by atoms with van der Waals surface area (Å²) in [4.78, 5) is 31.9. The molecule has 0 unspecified atom stereocenters. The van der Waals surface area contributed by atoms with E-state index in [-0.39, 0.29) is 32.2 Å². The van der Waals surface area contributed by atoms with Gasteiger partial charge in [-0.25, -0.2) is 4.79 Å². The van der Waals surface area contributed by atoms with Crippen LogP contribution in [0.2, 0.25) is 0 Å². The topological polar surface area (TPSA) is 251 Å². The van der Waals surface area contributed by atoms with Crippen molar-refractivity contribution < 1.29 is 43.6 Å². The van der Waals surface area contributed by atoms with Crippen molar-refractivity contribution in [2.24, 2.45) is 46.4 Å². The Bertz CT molecular complexity index is 687. The molecule has 0 heterocycles. The first-order valence-corrected chi connectivity index (χ1v) is 13.5. The first-order chi connectivity index (χ1) is 18.4. The Hall–Kier alpha value is -1.39. The van der Waals surface area contributed by atoms with Crippen molar-refractivity contribution in [3.8, 4) is 0 Å². The fourth-order valence-corrected chi connectivity index (χ4v) is 4.44. The number of ether oxygens (including phenoxy) is 1. The highest BCUT2D eigenvalue weighted by atomic mass is 35.5. The summed E-state index contributed by atoms with van der Waals surface area (Å²) in [6.45, 7) is 0. The van der Waals surface area contributed by atoms with Crippen LogP contribution in [-0.4, -0.2) is 76.7 Å². The largest absolute Gasteiger partial charge is 0.467 e. The molecule has 0 aromatic carbocycles. The van der Waals surface area contributed by atoms with Gasteiger partial charge < -0.3 is 48.7 Å². The fraction of sp³-hybridized carbons (Fsp3) is 0.885. The van der Waals surface area contributed by atoms with Crippen LogP contribution in [-0.2, 0) is 19.1 Å². The molecular weight excluding hydrogens is 603 g/mol. The molecule has 3 fully saturated rings. The zero-order valence-electron chi connectivity index (χ0n) is 23.6. The summed E-state index contributed by atoms with van der Waals surface area (Å²) in [7, 11) is 1.25. The number of methoxy groups -OCH3 is 1. The summed E-state index contributed by atoms with van der Waals surface area (Å²) in [5.74, 6) is -0.298. The summed E-state index contributed by atoms with van der Waals surface area (Å²) in [5, 5.41) is 27.7. The molecule has 254 valence electrons. The van der Waals surface area contributed by atoms with E-state index in [1.54, 1.807) is 0 Å². The average Bonchev–Trinajstić information content (AvgIpc) is 2.85. The zero-order chi connectivity index (χ0) is 30.1. The van der Waals surface area contributed by atoms with Crippen LogP contribution in [0.1, 0.15) is 84.5 Å². The molecule has 42 heavy (non-hydrogen) atoms. The molecule has 3 aliphatic carbocycles. The SMILES string of the molecule is C.COC(=O)[C@H](O)[C@@H](N)CC1CCC1.Cl.Cl.FF.NC(=O)[C@H](O)[C@@H](N)CC1CCC1.NC(=O)[C@H](O)[C@@H](N)CC1CCC1. The smallest absolute Gasteiger partial charge is 0.336 e. The van der Waals surface area contributed by atoms with E-state index in [1.165, 1.54) is 64.9 Å². The second-order valence-corrected chi connectivity index (χ2v) is 10.8. The lowest BCUT2D eigenvalue weighted by atomic mass is 9.80. The number of esters is 1. The zero-order valence-corrected chi connectivity index (χ0v) is 25.2. The van der Waals surface area contributed by atoms with Crippen molar-refractivity contribution in [2.75, 3.05) is 7.11 Å². The van der Waals surface area contributed by atoms with Gasteiger partial charge in [0.2, 0.25) is 11.8 Å². The first kappa shape index (κ1) is 47.5. The third-order valence-electron chi connectivity index (χ3n) is 7.73. The van der Waals surface area contributed by atoms with Crippen molar-refractivity contribution in [2.45, 2.75) is 121 Å². The number of aliphatic hydroxyl groups is 3. The molecule has 6 atom stereocenters. The molecule has 3 rings (SSSR count). The van der Waals surface area contributed by atoms with Gasteiger partial charge >= 0.3 is 5.97 Å². The predicted molar refractivity (Wildman–Crippen MR) is 162 cm³/mol. The molecule has 3 aliphatic rings. The summed E-state index contributed by atoms with van der Waals surface area (Å²) < 4.78 is 20.4. The van der Waals surface area contributed by atoms with Crippen LogP contribution in [0.3, 0.4) is 0 Å². The second kappa shape index (κ2) is 26.1. The standard InChI is InChI=1S/C9H17NO3.2C8H16N2O2.CH4.2ClH.F2/c1-13-9(12)8(11)7(10)5-6-3-2-4-6;2*9-6(7(11)8(10)12)4-5-2-1-3-5;;;;1-2/h6-8,11H,2-5,10H2,1H3;2*5-7,11H,1-4,9H2,(H2,10,12);1H4;2*1H;/t7-,8+;2*6-,7+;;;;/m000..../s1. The maximum Gasteiger partial charge on any atom is 0.336 e. The minimum absolute atomic E-state index is 0. The van der Waals surface area contributed by atoms with Crippen LogP contribution in [0.25, 0.3) is 0 Å². The van der Waals surface area contributed by atoms with E-state index >= 15 is 0 Å². The Morgan fingerprint density at radius 3 is 1.07 bits per heavy atom. The molecule has 0 radical (unpaired) electrons. The molecule has 0 aromatic heterocycles. The maximum atomic E-state index is 10.9. The van der Waals surface area contributed by atoms with Crippen molar-refractivity contribution in [3.05, 3.63) is 0 Å². The van der Waals surface area contributed by atoms with Crippen LogP contribution in [0, 0.1) is 17.8 Å². The van der Waals surface area contributed by atoms with Crippen molar-refractivity contribution in [1.29, 1.82) is 0 Å². The van der Waals surface area contributed by atoms with Crippen molar-refractivity contribution in [3.63, 3.8) is 0 Å². The predicted octanol–water partition coefficient (Wildman–Crippen LogP) is 1.06. The number of nitrogens with two attached hydrogens (primary N) is 5. The lowest BCUT2D eigenvalue weighted by Gasteiger charge is -2.29. The van der Waals surface area contributed by atoms with Gasteiger partial charge in [-0.15, -0.1) is 24.8 Å². The number of halogens is 4. The van der Waals surface area contributed by atoms with E-state index in [0.717, 1.165) is 6.42 Å². The van der Waals surface area contributed by atoms with Crippen molar-refractivity contribution >= 4 is 42.6 Å². The molecular formula is C26H55Cl2F2N5O7. The lowest BCUT2D eigenvalue weighted by molar-refractivity contribution is -0.151. The highest BCUT2D eigenvalue weighted by molar-refractivity contribution is 5.85. The van der Waals surface area contributed by atoms with Gasteiger partial charge in [0.05, 0.1) is 7.11 Å². The highest BCUT2D eigenvalue weighted by Gasteiger charge is 2.29.